The van der Waals surface area contributed by atoms with Crippen molar-refractivity contribution in [1.82, 2.24) is 4.57 Å². The molecule has 5 heteroatoms. The molecule has 1 aromatic heterocycles. The summed E-state index contributed by atoms with van der Waals surface area (Å²) in [7, 11) is -3.61. The van der Waals surface area contributed by atoms with Gasteiger partial charge in [0.2, 0.25) is 0 Å². The summed E-state index contributed by atoms with van der Waals surface area (Å²) in [4.78, 5) is 4.21. The van der Waals surface area contributed by atoms with E-state index in [4.69, 9.17) is 9.47 Å². The van der Waals surface area contributed by atoms with Gasteiger partial charge in [0.05, 0.1) is 5.52 Å². The maximum atomic E-state index is 6.38. The summed E-state index contributed by atoms with van der Waals surface area (Å²) in [5.74, 6) is 3.60. The Hall–Kier alpha value is -4.71. The van der Waals surface area contributed by atoms with Gasteiger partial charge in [0.15, 0.2) is 0 Å². The quantitative estimate of drug-likeness (QED) is 0.151. The Morgan fingerprint density at radius 2 is 1.50 bits per heavy atom. The predicted molar refractivity (Wildman–Crippen MR) is 219 cm³/mol. The SMILES string of the molecule is CS(C)(C1=Cc2c(n(-c3ccccc3)c3ccc(S4(C)(C)=CC(Oc5ccccc5)=CC=C4)cc23)CC1)c1cccc(OC2=CCCC=C2)c1. The molecule has 0 N–H and O–H groups in total. The number of hydrogen-bond donors (Lipinski definition) is 0. The van der Waals surface area contributed by atoms with E-state index in [-0.39, 0.29) is 0 Å². The molecule has 0 bridgehead atoms. The number of para-hydroxylation sites is 2. The average Bonchev–Trinajstić information content (AvgIpc) is 3.46. The van der Waals surface area contributed by atoms with Gasteiger partial charge in [-0.05, 0) is 161 Å². The Labute approximate surface area is 298 Å². The van der Waals surface area contributed by atoms with Gasteiger partial charge in [-0.15, -0.1) is 0 Å². The molecule has 3 aliphatic rings. The summed E-state index contributed by atoms with van der Waals surface area (Å²) >= 11 is 0. The van der Waals surface area contributed by atoms with Crippen LogP contribution in [0.2, 0.25) is 0 Å². The van der Waals surface area contributed by atoms with E-state index in [1.165, 1.54) is 42.5 Å². The van der Waals surface area contributed by atoms with E-state index in [1.807, 2.05) is 30.3 Å². The minimum Gasteiger partial charge on any atom is -0.458 e. The lowest BCUT2D eigenvalue weighted by Gasteiger charge is -2.41. The second-order valence-corrected chi connectivity index (χ2v) is 23.3. The van der Waals surface area contributed by atoms with E-state index < -0.39 is 18.8 Å². The van der Waals surface area contributed by atoms with Gasteiger partial charge in [0.25, 0.3) is 0 Å². The lowest BCUT2D eigenvalue weighted by Crippen LogP contribution is -2.12. The molecular formula is C45H45NO2S2. The predicted octanol–water partition coefficient (Wildman–Crippen LogP) is 11.9. The molecule has 0 saturated heterocycles. The monoisotopic (exact) mass is 695 g/mol. The average molecular weight is 696 g/mol. The number of ether oxygens (including phenoxy) is 2. The first-order valence-electron chi connectivity index (χ1n) is 17.3. The van der Waals surface area contributed by atoms with Crippen LogP contribution in [0.25, 0.3) is 22.7 Å². The summed E-state index contributed by atoms with van der Waals surface area (Å²) in [6.07, 6.45) is 27.1. The maximum absolute atomic E-state index is 6.38. The van der Waals surface area contributed by atoms with Gasteiger partial charge in [-0.1, -0.05) is 54.6 Å². The van der Waals surface area contributed by atoms with Gasteiger partial charge < -0.3 is 14.0 Å². The first kappa shape index (κ1) is 32.5. The Morgan fingerprint density at radius 1 is 0.740 bits per heavy atom. The van der Waals surface area contributed by atoms with Crippen molar-refractivity contribution in [3.05, 3.63) is 167 Å². The van der Waals surface area contributed by atoms with Crippen molar-refractivity contribution in [2.45, 2.75) is 35.5 Å². The normalized spacial score (nSPS) is 18.8. The van der Waals surface area contributed by atoms with Crippen LogP contribution in [-0.2, 0) is 6.42 Å². The lowest BCUT2D eigenvalue weighted by molar-refractivity contribution is 0.438. The molecule has 3 nitrogen and oxygen atoms in total. The summed E-state index contributed by atoms with van der Waals surface area (Å²) in [6, 6.07) is 36.9. The highest BCUT2D eigenvalue weighted by atomic mass is 32.3. The molecule has 0 spiro atoms. The zero-order valence-corrected chi connectivity index (χ0v) is 31.0. The summed E-state index contributed by atoms with van der Waals surface area (Å²) < 4.78 is 15.2. The lowest BCUT2D eigenvalue weighted by atomic mass is 10.0. The third-order valence-corrected chi connectivity index (χ3v) is 17.0. The van der Waals surface area contributed by atoms with E-state index >= 15 is 0 Å². The number of allylic oxidation sites excluding steroid dienone is 7. The zero-order chi connectivity index (χ0) is 34.4. The highest BCUT2D eigenvalue weighted by Gasteiger charge is 2.30. The molecule has 1 aliphatic heterocycles. The van der Waals surface area contributed by atoms with E-state index in [1.54, 1.807) is 0 Å². The van der Waals surface area contributed by atoms with Crippen molar-refractivity contribution >= 4 is 41.1 Å². The third-order valence-electron chi connectivity index (χ3n) is 10.2. The van der Waals surface area contributed by atoms with E-state index in [2.05, 4.69) is 150 Å². The first-order chi connectivity index (χ1) is 24.2. The fourth-order valence-corrected chi connectivity index (χ4v) is 12.3. The molecule has 2 heterocycles. The zero-order valence-electron chi connectivity index (χ0n) is 29.3. The molecule has 2 aliphatic carbocycles. The standard InChI is InChI=1S/C45H45NO2S2/c1-49(2,39-24-14-22-37(30-39)47-35-18-10-6-11-19-35)40-25-27-44-42(31-40)43-32-41(26-28-45(43)46(44)34-16-8-5-9-17-34)50(3,4)29-15-23-38(33-50)48-36-20-12-7-13-21-36/h5,7-10,12-24,26,28-33H,6,11,25,27H2,1-4H3. The summed E-state index contributed by atoms with van der Waals surface area (Å²) in [6.45, 7) is 0. The fraction of sp³-hybridized carbons (Fsp3) is 0.178. The van der Waals surface area contributed by atoms with Gasteiger partial charge in [-0.3, -0.25) is 0 Å². The minimum absolute atomic E-state index is 0.854. The Balaban J connectivity index is 1.24. The van der Waals surface area contributed by atoms with Crippen LogP contribution in [0.15, 0.2) is 165 Å². The molecule has 0 fully saturated rings. The van der Waals surface area contributed by atoms with E-state index in [9.17, 15) is 0 Å². The molecule has 0 unspecified atom stereocenters. The van der Waals surface area contributed by atoms with E-state index in [0.29, 0.717) is 0 Å². The summed E-state index contributed by atoms with van der Waals surface area (Å²) in [5, 5.41) is 6.08. The minimum atomic E-state index is -2.33. The van der Waals surface area contributed by atoms with Crippen molar-refractivity contribution in [3.8, 4) is 17.2 Å². The number of fused-ring (bicyclic) bond motifs is 3. The molecule has 0 saturated carbocycles. The van der Waals surface area contributed by atoms with Crippen LogP contribution in [-0.4, -0.2) is 35.0 Å². The Morgan fingerprint density at radius 3 is 2.28 bits per heavy atom. The molecule has 50 heavy (non-hydrogen) atoms. The first-order valence-corrected chi connectivity index (χ1v) is 22.8. The molecule has 0 amide bonds. The second-order valence-electron chi connectivity index (χ2n) is 14.4. The fourth-order valence-electron chi connectivity index (χ4n) is 7.35. The third kappa shape index (κ3) is 6.03. The smallest absolute Gasteiger partial charge is 0.132 e. The van der Waals surface area contributed by atoms with Gasteiger partial charge in [0, 0.05) is 22.3 Å². The van der Waals surface area contributed by atoms with Gasteiger partial charge >= 0.3 is 0 Å². The van der Waals surface area contributed by atoms with Crippen LogP contribution in [0.3, 0.4) is 0 Å². The van der Waals surface area contributed by atoms with Crippen LogP contribution in [0, 0.1) is 0 Å². The van der Waals surface area contributed by atoms with Crippen molar-refractivity contribution in [2.24, 2.45) is 0 Å². The van der Waals surface area contributed by atoms with Gasteiger partial charge in [-0.2, -0.15) is 10.0 Å². The molecule has 4 aromatic carbocycles. The van der Waals surface area contributed by atoms with Crippen LogP contribution >= 0.6 is 18.8 Å². The number of rotatable bonds is 8. The topological polar surface area (TPSA) is 23.4 Å². The summed E-state index contributed by atoms with van der Waals surface area (Å²) in [5.41, 5.74) is 5.21. The van der Waals surface area contributed by atoms with Crippen molar-refractivity contribution < 1.29 is 9.47 Å². The number of aromatic nitrogens is 1. The number of nitrogens with zero attached hydrogens (tertiary/aromatic N) is 1. The highest BCUT2D eigenvalue weighted by Crippen LogP contribution is 2.63. The maximum Gasteiger partial charge on any atom is 0.132 e. The Bertz CT molecular complexity index is 2340. The van der Waals surface area contributed by atoms with Crippen molar-refractivity contribution in [2.75, 3.05) is 25.0 Å². The van der Waals surface area contributed by atoms with E-state index in [0.717, 1.165) is 48.7 Å². The highest BCUT2D eigenvalue weighted by molar-refractivity contribution is 8.48. The van der Waals surface area contributed by atoms with Crippen LogP contribution < -0.4 is 9.47 Å². The van der Waals surface area contributed by atoms with Crippen LogP contribution in [0.5, 0.6) is 11.5 Å². The largest absolute Gasteiger partial charge is 0.458 e. The molecule has 5 aromatic rings. The van der Waals surface area contributed by atoms with Crippen LogP contribution in [0.4, 0.5) is 0 Å². The van der Waals surface area contributed by atoms with Gasteiger partial charge in [0.1, 0.15) is 23.0 Å². The van der Waals surface area contributed by atoms with Crippen LogP contribution in [0.1, 0.15) is 30.5 Å². The Kier molecular flexibility index (Phi) is 8.16. The molecule has 8 rings (SSSR count). The molecule has 0 atom stereocenters. The molecule has 0 radical (unpaired) electrons. The van der Waals surface area contributed by atoms with Crippen molar-refractivity contribution in [1.29, 1.82) is 0 Å². The molecule has 254 valence electrons. The van der Waals surface area contributed by atoms with Gasteiger partial charge in [-0.25, -0.2) is 8.75 Å². The second kappa shape index (κ2) is 12.6. The number of benzene rings is 4. The van der Waals surface area contributed by atoms with Crippen molar-refractivity contribution in [3.63, 3.8) is 0 Å². The number of hydrogen-bond acceptors (Lipinski definition) is 2. The molecular weight excluding hydrogens is 651 g/mol.